The van der Waals surface area contributed by atoms with Crippen molar-refractivity contribution < 1.29 is 0 Å². The molecule has 0 heterocycles. The van der Waals surface area contributed by atoms with Crippen LogP contribution >= 0.6 is 11.8 Å². The lowest BCUT2D eigenvalue weighted by atomic mass is 9.91. The lowest BCUT2D eigenvalue weighted by Gasteiger charge is -2.26. The van der Waals surface area contributed by atoms with Crippen LogP contribution in [0.4, 0.5) is 0 Å². The Morgan fingerprint density at radius 2 is 2.29 bits per heavy atom. The molecule has 0 aromatic rings. The Bertz CT molecular complexity index is 182. The molecule has 2 nitrogen and oxygen atoms in total. The first kappa shape index (κ1) is 11.9. The van der Waals surface area contributed by atoms with E-state index in [4.69, 9.17) is 11.1 Å². The molecule has 2 unspecified atom stereocenters. The summed E-state index contributed by atoms with van der Waals surface area (Å²) in [6, 6.07) is 0. The highest BCUT2D eigenvalue weighted by atomic mass is 32.2. The molecule has 0 saturated heterocycles. The molecule has 1 aliphatic carbocycles. The van der Waals surface area contributed by atoms with Crippen LogP contribution in [-0.2, 0) is 0 Å². The van der Waals surface area contributed by atoms with Gasteiger partial charge in [0.25, 0.3) is 0 Å². The molecular weight excluding hydrogens is 192 g/mol. The van der Waals surface area contributed by atoms with Crippen LogP contribution in [0.1, 0.15) is 45.4 Å². The average Bonchev–Trinajstić information content (AvgIpc) is 2.12. The van der Waals surface area contributed by atoms with Crippen molar-refractivity contribution >= 4 is 17.6 Å². The summed E-state index contributed by atoms with van der Waals surface area (Å²) < 4.78 is 0. The van der Waals surface area contributed by atoms with Crippen molar-refractivity contribution in [1.29, 1.82) is 5.41 Å². The Morgan fingerprint density at radius 1 is 1.50 bits per heavy atom. The second-order valence-electron chi connectivity index (χ2n) is 4.39. The van der Waals surface area contributed by atoms with E-state index in [0.717, 1.165) is 24.0 Å². The first-order valence-corrected chi connectivity index (χ1v) is 6.68. The van der Waals surface area contributed by atoms with E-state index in [-0.39, 0.29) is 0 Å². The minimum Gasteiger partial charge on any atom is -0.388 e. The quantitative estimate of drug-likeness (QED) is 0.420. The van der Waals surface area contributed by atoms with Gasteiger partial charge in [-0.05, 0) is 30.9 Å². The van der Waals surface area contributed by atoms with E-state index in [1.165, 1.54) is 31.4 Å². The van der Waals surface area contributed by atoms with E-state index in [1.54, 1.807) is 0 Å². The number of nitrogens with one attached hydrogen (secondary N) is 1. The van der Waals surface area contributed by atoms with Gasteiger partial charge in [-0.1, -0.05) is 19.8 Å². The summed E-state index contributed by atoms with van der Waals surface area (Å²) in [6.45, 7) is 2.36. The fourth-order valence-electron chi connectivity index (χ4n) is 2.04. The Hall–Kier alpha value is -0.180. The number of hydrogen-bond donors (Lipinski definition) is 2. The second kappa shape index (κ2) is 6.33. The number of hydrogen-bond acceptors (Lipinski definition) is 2. The first-order valence-electron chi connectivity index (χ1n) is 5.63. The van der Waals surface area contributed by atoms with Gasteiger partial charge < -0.3 is 5.73 Å². The van der Waals surface area contributed by atoms with Crippen LogP contribution in [-0.4, -0.2) is 16.8 Å². The van der Waals surface area contributed by atoms with Crippen molar-refractivity contribution in [3.8, 4) is 0 Å². The van der Waals surface area contributed by atoms with E-state index in [0.29, 0.717) is 5.84 Å². The third-order valence-corrected chi connectivity index (χ3v) is 4.26. The molecule has 14 heavy (non-hydrogen) atoms. The normalized spacial score (nSPS) is 27.5. The van der Waals surface area contributed by atoms with Crippen molar-refractivity contribution in [2.75, 3.05) is 5.75 Å². The zero-order chi connectivity index (χ0) is 10.4. The molecule has 0 spiro atoms. The SMILES string of the molecule is CC1CCCC(SCCCC(=N)N)C1. The minimum atomic E-state index is 0.336. The molecule has 1 rings (SSSR count). The molecule has 82 valence electrons. The summed E-state index contributed by atoms with van der Waals surface area (Å²) in [6.07, 6.45) is 7.47. The third-order valence-electron chi connectivity index (χ3n) is 2.83. The van der Waals surface area contributed by atoms with E-state index in [9.17, 15) is 0 Å². The average molecular weight is 214 g/mol. The fourth-order valence-corrected chi connectivity index (χ4v) is 3.48. The minimum absolute atomic E-state index is 0.336. The molecule has 1 fully saturated rings. The van der Waals surface area contributed by atoms with Gasteiger partial charge >= 0.3 is 0 Å². The van der Waals surface area contributed by atoms with Crippen LogP contribution in [0.25, 0.3) is 0 Å². The number of thioether (sulfide) groups is 1. The van der Waals surface area contributed by atoms with Crippen LogP contribution in [0.3, 0.4) is 0 Å². The lowest BCUT2D eigenvalue weighted by Crippen LogP contribution is -2.16. The van der Waals surface area contributed by atoms with Gasteiger partial charge in [0.05, 0.1) is 5.84 Å². The number of amidine groups is 1. The van der Waals surface area contributed by atoms with Gasteiger partial charge in [-0.15, -0.1) is 0 Å². The Labute approximate surface area is 91.5 Å². The van der Waals surface area contributed by atoms with E-state index in [1.807, 2.05) is 0 Å². The molecule has 0 bridgehead atoms. The van der Waals surface area contributed by atoms with Crippen LogP contribution in [0, 0.1) is 11.3 Å². The van der Waals surface area contributed by atoms with E-state index >= 15 is 0 Å². The van der Waals surface area contributed by atoms with Gasteiger partial charge in [-0.2, -0.15) is 11.8 Å². The maximum atomic E-state index is 7.12. The van der Waals surface area contributed by atoms with Crippen molar-refractivity contribution in [2.24, 2.45) is 11.7 Å². The van der Waals surface area contributed by atoms with Crippen LogP contribution in [0.2, 0.25) is 0 Å². The monoisotopic (exact) mass is 214 g/mol. The molecule has 0 aliphatic heterocycles. The molecule has 3 N–H and O–H groups in total. The summed E-state index contributed by atoms with van der Waals surface area (Å²) in [5.74, 6) is 2.44. The number of nitrogens with two attached hydrogens (primary N) is 1. The van der Waals surface area contributed by atoms with Crippen molar-refractivity contribution in [3.05, 3.63) is 0 Å². The maximum absolute atomic E-state index is 7.12. The molecular formula is C11H22N2S. The van der Waals surface area contributed by atoms with Gasteiger partial charge in [0.15, 0.2) is 0 Å². The summed E-state index contributed by atoms with van der Waals surface area (Å²) in [5.41, 5.74) is 5.31. The first-order chi connectivity index (χ1) is 6.68. The van der Waals surface area contributed by atoms with E-state index < -0.39 is 0 Å². The largest absolute Gasteiger partial charge is 0.388 e. The summed E-state index contributed by atoms with van der Waals surface area (Å²) in [4.78, 5) is 0. The molecule has 3 heteroatoms. The standard InChI is InChI=1S/C11H22N2S/c1-9-4-2-5-10(8-9)14-7-3-6-11(12)13/h9-10H,2-8H2,1H3,(H3,12,13). The third kappa shape index (κ3) is 4.89. The highest BCUT2D eigenvalue weighted by molar-refractivity contribution is 7.99. The molecule has 2 atom stereocenters. The van der Waals surface area contributed by atoms with Crippen molar-refractivity contribution in [2.45, 2.75) is 50.7 Å². The molecule has 0 aromatic carbocycles. The molecule has 0 aromatic heterocycles. The topological polar surface area (TPSA) is 49.9 Å². The molecule has 1 saturated carbocycles. The summed E-state index contributed by atoms with van der Waals surface area (Å²) >= 11 is 2.09. The molecule has 0 radical (unpaired) electrons. The van der Waals surface area contributed by atoms with Crippen LogP contribution in [0.5, 0.6) is 0 Å². The summed E-state index contributed by atoms with van der Waals surface area (Å²) in [5, 5.41) is 8.00. The summed E-state index contributed by atoms with van der Waals surface area (Å²) in [7, 11) is 0. The van der Waals surface area contributed by atoms with Gasteiger partial charge in [-0.25, -0.2) is 0 Å². The zero-order valence-electron chi connectivity index (χ0n) is 9.09. The highest BCUT2D eigenvalue weighted by Gasteiger charge is 2.18. The van der Waals surface area contributed by atoms with Gasteiger partial charge in [0.1, 0.15) is 0 Å². The smallest absolute Gasteiger partial charge is 0.0905 e. The van der Waals surface area contributed by atoms with Crippen LogP contribution < -0.4 is 5.73 Å². The highest BCUT2D eigenvalue weighted by Crippen LogP contribution is 2.32. The van der Waals surface area contributed by atoms with Crippen molar-refractivity contribution in [1.82, 2.24) is 0 Å². The van der Waals surface area contributed by atoms with Crippen molar-refractivity contribution in [3.63, 3.8) is 0 Å². The van der Waals surface area contributed by atoms with E-state index in [2.05, 4.69) is 18.7 Å². The molecule has 0 amide bonds. The zero-order valence-corrected chi connectivity index (χ0v) is 9.91. The fraction of sp³-hybridized carbons (Fsp3) is 0.909. The molecule has 1 aliphatic rings. The predicted molar refractivity (Wildman–Crippen MR) is 65.0 cm³/mol. The van der Waals surface area contributed by atoms with Gasteiger partial charge in [-0.3, -0.25) is 5.41 Å². The van der Waals surface area contributed by atoms with Gasteiger partial charge in [0, 0.05) is 11.7 Å². The second-order valence-corrected chi connectivity index (χ2v) is 5.80. The predicted octanol–water partition coefficient (Wildman–Crippen LogP) is 3.01. The Kier molecular flexibility index (Phi) is 5.38. The Balaban J connectivity index is 2.03. The Morgan fingerprint density at radius 3 is 2.93 bits per heavy atom. The lowest BCUT2D eigenvalue weighted by molar-refractivity contribution is 0.394. The number of rotatable bonds is 5. The van der Waals surface area contributed by atoms with Crippen LogP contribution in [0.15, 0.2) is 0 Å². The van der Waals surface area contributed by atoms with Gasteiger partial charge in [0.2, 0.25) is 0 Å². The maximum Gasteiger partial charge on any atom is 0.0905 e.